The van der Waals surface area contributed by atoms with Gasteiger partial charge in [-0.25, -0.2) is 0 Å². The zero-order valence-corrected chi connectivity index (χ0v) is 12.3. The molecule has 0 saturated heterocycles. The Bertz CT molecular complexity index is 520. The fraction of sp³-hybridized carbons (Fsp3) is 0.143. The SMILES string of the molecule is Cc1ccc(OCc2ccc(N)cc2Cl)c(Br)c1. The Balaban J connectivity index is 2.11. The summed E-state index contributed by atoms with van der Waals surface area (Å²) in [7, 11) is 0. The largest absolute Gasteiger partial charge is 0.488 e. The van der Waals surface area contributed by atoms with E-state index >= 15 is 0 Å². The molecule has 2 rings (SSSR count). The maximum atomic E-state index is 6.09. The Kier molecular flexibility index (Phi) is 4.15. The standard InChI is InChI=1S/C14H13BrClNO/c1-9-2-5-14(12(15)6-9)18-8-10-3-4-11(17)7-13(10)16/h2-7H,8,17H2,1H3. The van der Waals surface area contributed by atoms with Crippen LogP contribution in [0.2, 0.25) is 5.02 Å². The fourth-order valence-corrected chi connectivity index (χ4v) is 2.41. The van der Waals surface area contributed by atoms with E-state index in [9.17, 15) is 0 Å². The highest BCUT2D eigenvalue weighted by molar-refractivity contribution is 9.10. The first-order valence-electron chi connectivity index (χ1n) is 5.49. The van der Waals surface area contributed by atoms with E-state index in [0.717, 1.165) is 15.8 Å². The van der Waals surface area contributed by atoms with Crippen LogP contribution in [-0.2, 0) is 6.61 Å². The van der Waals surface area contributed by atoms with Crippen molar-refractivity contribution >= 4 is 33.2 Å². The van der Waals surface area contributed by atoms with Gasteiger partial charge >= 0.3 is 0 Å². The Labute approximate surface area is 120 Å². The lowest BCUT2D eigenvalue weighted by Gasteiger charge is -2.10. The zero-order chi connectivity index (χ0) is 13.1. The van der Waals surface area contributed by atoms with Gasteiger partial charge in [-0.2, -0.15) is 0 Å². The minimum absolute atomic E-state index is 0.417. The van der Waals surface area contributed by atoms with Gasteiger partial charge in [-0.1, -0.05) is 23.7 Å². The van der Waals surface area contributed by atoms with Crippen LogP contribution in [0.5, 0.6) is 5.75 Å². The number of rotatable bonds is 3. The average molecular weight is 327 g/mol. The van der Waals surface area contributed by atoms with Crippen molar-refractivity contribution in [2.75, 3.05) is 5.73 Å². The van der Waals surface area contributed by atoms with E-state index in [1.165, 1.54) is 5.56 Å². The summed E-state index contributed by atoms with van der Waals surface area (Å²) >= 11 is 9.56. The number of nitrogen functional groups attached to an aromatic ring is 1. The number of anilines is 1. The van der Waals surface area contributed by atoms with E-state index in [-0.39, 0.29) is 0 Å². The van der Waals surface area contributed by atoms with E-state index in [4.69, 9.17) is 22.1 Å². The average Bonchev–Trinajstić information content (AvgIpc) is 2.30. The Hall–Kier alpha value is -1.19. The van der Waals surface area contributed by atoms with Crippen LogP contribution in [0, 0.1) is 6.92 Å². The van der Waals surface area contributed by atoms with Gasteiger partial charge in [-0.15, -0.1) is 0 Å². The van der Waals surface area contributed by atoms with Gasteiger partial charge in [-0.05, 0) is 52.7 Å². The second-order valence-corrected chi connectivity index (χ2v) is 5.33. The molecule has 0 spiro atoms. The lowest BCUT2D eigenvalue weighted by atomic mass is 10.2. The molecule has 4 heteroatoms. The zero-order valence-electron chi connectivity index (χ0n) is 9.91. The first-order chi connectivity index (χ1) is 8.56. The summed E-state index contributed by atoms with van der Waals surface area (Å²) in [6.07, 6.45) is 0. The molecule has 0 atom stereocenters. The summed E-state index contributed by atoms with van der Waals surface area (Å²) < 4.78 is 6.67. The van der Waals surface area contributed by atoms with Gasteiger partial charge in [-0.3, -0.25) is 0 Å². The Morgan fingerprint density at radius 2 is 2.00 bits per heavy atom. The van der Waals surface area contributed by atoms with Gasteiger partial charge < -0.3 is 10.5 Å². The Morgan fingerprint density at radius 1 is 1.22 bits per heavy atom. The summed E-state index contributed by atoms with van der Waals surface area (Å²) in [4.78, 5) is 0. The van der Waals surface area contributed by atoms with Gasteiger partial charge in [0.25, 0.3) is 0 Å². The smallest absolute Gasteiger partial charge is 0.134 e. The summed E-state index contributed by atoms with van der Waals surface area (Å²) in [6, 6.07) is 11.4. The molecule has 2 aromatic carbocycles. The molecule has 2 nitrogen and oxygen atoms in total. The van der Waals surface area contributed by atoms with Gasteiger partial charge in [0.05, 0.1) is 4.47 Å². The summed E-state index contributed by atoms with van der Waals surface area (Å²) in [5.41, 5.74) is 8.39. The monoisotopic (exact) mass is 325 g/mol. The van der Waals surface area contributed by atoms with Crippen LogP contribution in [-0.4, -0.2) is 0 Å². The number of hydrogen-bond acceptors (Lipinski definition) is 2. The van der Waals surface area contributed by atoms with Crippen molar-refractivity contribution in [1.82, 2.24) is 0 Å². The highest BCUT2D eigenvalue weighted by Gasteiger charge is 2.04. The second kappa shape index (κ2) is 5.63. The van der Waals surface area contributed by atoms with E-state index in [1.54, 1.807) is 6.07 Å². The minimum Gasteiger partial charge on any atom is -0.488 e. The predicted molar refractivity (Wildman–Crippen MR) is 79.1 cm³/mol. The van der Waals surface area contributed by atoms with E-state index in [0.29, 0.717) is 17.3 Å². The first kappa shape index (κ1) is 13.2. The molecule has 0 bridgehead atoms. The number of hydrogen-bond donors (Lipinski definition) is 1. The van der Waals surface area contributed by atoms with Crippen molar-refractivity contribution in [3.05, 3.63) is 57.0 Å². The van der Waals surface area contributed by atoms with Gasteiger partial charge in [0.15, 0.2) is 0 Å². The molecule has 0 aromatic heterocycles. The van der Waals surface area contributed by atoms with Gasteiger partial charge in [0.1, 0.15) is 12.4 Å². The summed E-state index contributed by atoms with van der Waals surface area (Å²) in [6.45, 7) is 2.45. The van der Waals surface area contributed by atoms with Crippen LogP contribution < -0.4 is 10.5 Å². The van der Waals surface area contributed by atoms with Crippen molar-refractivity contribution < 1.29 is 4.74 Å². The predicted octanol–water partition coefficient (Wildman–Crippen LogP) is 4.57. The molecule has 0 amide bonds. The molecule has 0 heterocycles. The topological polar surface area (TPSA) is 35.2 Å². The van der Waals surface area contributed by atoms with E-state index in [2.05, 4.69) is 15.9 Å². The van der Waals surface area contributed by atoms with Crippen molar-refractivity contribution in [3.8, 4) is 5.75 Å². The second-order valence-electron chi connectivity index (χ2n) is 4.07. The van der Waals surface area contributed by atoms with Crippen LogP contribution >= 0.6 is 27.5 Å². The van der Waals surface area contributed by atoms with Crippen molar-refractivity contribution in [1.29, 1.82) is 0 Å². The van der Waals surface area contributed by atoms with Crippen molar-refractivity contribution in [3.63, 3.8) is 0 Å². The maximum Gasteiger partial charge on any atom is 0.134 e. The summed E-state index contributed by atoms with van der Waals surface area (Å²) in [5, 5.41) is 0.623. The quantitative estimate of drug-likeness (QED) is 0.838. The third-order valence-electron chi connectivity index (χ3n) is 2.55. The van der Waals surface area contributed by atoms with Crippen LogP contribution in [0.25, 0.3) is 0 Å². The molecule has 94 valence electrons. The molecular weight excluding hydrogens is 314 g/mol. The van der Waals surface area contributed by atoms with Gasteiger partial charge in [0, 0.05) is 16.3 Å². The third-order valence-corrected chi connectivity index (χ3v) is 3.52. The number of ether oxygens (including phenoxy) is 1. The van der Waals surface area contributed by atoms with E-state index in [1.807, 2.05) is 37.3 Å². The van der Waals surface area contributed by atoms with Crippen LogP contribution in [0.1, 0.15) is 11.1 Å². The number of halogens is 2. The molecule has 2 aromatic rings. The maximum absolute atomic E-state index is 6.09. The number of aryl methyl sites for hydroxylation is 1. The summed E-state index contributed by atoms with van der Waals surface area (Å²) in [5.74, 6) is 0.800. The Morgan fingerprint density at radius 3 is 2.67 bits per heavy atom. The molecule has 0 unspecified atom stereocenters. The molecule has 0 aliphatic rings. The lowest BCUT2D eigenvalue weighted by Crippen LogP contribution is -1.98. The van der Waals surface area contributed by atoms with Crippen molar-refractivity contribution in [2.45, 2.75) is 13.5 Å². The van der Waals surface area contributed by atoms with Crippen molar-refractivity contribution in [2.24, 2.45) is 0 Å². The highest BCUT2D eigenvalue weighted by atomic mass is 79.9. The fourth-order valence-electron chi connectivity index (χ4n) is 1.56. The number of benzene rings is 2. The molecular formula is C14H13BrClNO. The highest BCUT2D eigenvalue weighted by Crippen LogP contribution is 2.27. The van der Waals surface area contributed by atoms with Gasteiger partial charge in [0.2, 0.25) is 0 Å². The molecule has 0 saturated carbocycles. The number of nitrogens with two attached hydrogens (primary N) is 1. The molecule has 0 aliphatic carbocycles. The minimum atomic E-state index is 0.417. The lowest BCUT2D eigenvalue weighted by molar-refractivity contribution is 0.304. The molecule has 2 N–H and O–H groups in total. The third kappa shape index (κ3) is 3.18. The van der Waals surface area contributed by atoms with E-state index < -0.39 is 0 Å². The molecule has 0 fully saturated rings. The normalized spacial score (nSPS) is 10.4. The van der Waals surface area contributed by atoms with Crippen LogP contribution in [0.3, 0.4) is 0 Å². The molecule has 0 radical (unpaired) electrons. The molecule has 0 aliphatic heterocycles. The van der Waals surface area contributed by atoms with Crippen LogP contribution in [0.15, 0.2) is 40.9 Å². The first-order valence-corrected chi connectivity index (χ1v) is 6.66. The van der Waals surface area contributed by atoms with Crippen LogP contribution in [0.4, 0.5) is 5.69 Å². The molecule has 18 heavy (non-hydrogen) atoms.